The minimum atomic E-state index is -1.36. The number of hydrogen-bond donors (Lipinski definition) is 1. The van der Waals surface area contributed by atoms with Crippen LogP contribution in [-0.4, -0.2) is 11.7 Å². The number of anilines is 1. The number of hydrogen-bond acceptors (Lipinski definition) is 3. The van der Waals surface area contributed by atoms with E-state index in [9.17, 15) is 14.9 Å². The van der Waals surface area contributed by atoms with Crippen LogP contribution in [0.25, 0.3) is 0 Å². The van der Waals surface area contributed by atoms with Gasteiger partial charge in [-0.1, -0.05) is 30.3 Å². The third-order valence-corrected chi connectivity index (χ3v) is 3.49. The zero-order chi connectivity index (χ0) is 16.1. The van der Waals surface area contributed by atoms with Crippen molar-refractivity contribution in [1.82, 2.24) is 0 Å². The quantitative estimate of drug-likeness (QED) is 0.694. The number of nitrogens with one attached hydrogen (secondary N) is 1. The molecule has 0 unspecified atom stereocenters. The number of carbonyl (C=O) groups is 2. The van der Waals surface area contributed by atoms with Crippen molar-refractivity contribution < 1.29 is 9.59 Å². The topological polar surface area (TPSA) is 70.0 Å². The minimum absolute atomic E-state index is 0.373. The number of aryl methyl sites for hydroxylation is 2. The van der Waals surface area contributed by atoms with Gasteiger partial charge in [0.05, 0.1) is 6.07 Å². The Morgan fingerprint density at radius 3 is 2.32 bits per heavy atom. The van der Waals surface area contributed by atoms with Gasteiger partial charge < -0.3 is 5.32 Å². The molecule has 0 aliphatic carbocycles. The molecule has 1 N–H and O–H groups in total. The molecule has 0 aliphatic heterocycles. The van der Waals surface area contributed by atoms with Crippen LogP contribution >= 0.6 is 0 Å². The smallest absolute Gasteiger partial charge is 0.249 e. The first-order valence-corrected chi connectivity index (χ1v) is 6.90. The normalized spacial score (nSPS) is 11.3. The molecule has 0 aromatic heterocycles. The first-order chi connectivity index (χ1) is 10.5. The van der Waals surface area contributed by atoms with E-state index in [4.69, 9.17) is 0 Å². The molecule has 1 amide bonds. The fraction of sp³-hybridized carbons (Fsp3) is 0.167. The lowest BCUT2D eigenvalue weighted by molar-refractivity contribution is -0.117. The maximum absolute atomic E-state index is 12.4. The van der Waals surface area contributed by atoms with E-state index in [1.807, 2.05) is 26.0 Å². The first-order valence-electron chi connectivity index (χ1n) is 6.90. The van der Waals surface area contributed by atoms with E-state index in [-0.39, 0.29) is 0 Å². The molecular formula is C18H16N2O2. The fourth-order valence-electron chi connectivity index (χ4n) is 2.03. The Balaban J connectivity index is 2.20. The average Bonchev–Trinajstić information content (AvgIpc) is 2.51. The van der Waals surface area contributed by atoms with Gasteiger partial charge in [0.1, 0.15) is 0 Å². The van der Waals surface area contributed by atoms with Crippen molar-refractivity contribution in [2.75, 3.05) is 5.32 Å². The number of nitriles is 1. The Hall–Kier alpha value is -2.93. The molecule has 0 radical (unpaired) electrons. The van der Waals surface area contributed by atoms with Crippen LogP contribution in [0.2, 0.25) is 0 Å². The summed E-state index contributed by atoms with van der Waals surface area (Å²) in [6, 6.07) is 15.7. The van der Waals surface area contributed by atoms with Crippen molar-refractivity contribution in [1.29, 1.82) is 5.26 Å². The summed E-state index contributed by atoms with van der Waals surface area (Å²) in [4.78, 5) is 24.5. The second-order valence-corrected chi connectivity index (χ2v) is 5.08. The highest BCUT2D eigenvalue weighted by Gasteiger charge is 2.27. The highest BCUT2D eigenvalue weighted by Crippen LogP contribution is 2.16. The largest absolute Gasteiger partial charge is 0.325 e. The number of carbonyl (C=O) groups excluding carboxylic acids is 2. The first kappa shape index (κ1) is 15.5. The van der Waals surface area contributed by atoms with Crippen LogP contribution in [0.5, 0.6) is 0 Å². The van der Waals surface area contributed by atoms with Crippen molar-refractivity contribution in [2.24, 2.45) is 5.92 Å². The Bertz CT molecular complexity index is 745. The van der Waals surface area contributed by atoms with Crippen LogP contribution in [0, 0.1) is 31.1 Å². The highest BCUT2D eigenvalue weighted by molar-refractivity contribution is 6.15. The number of para-hydroxylation sites is 1. The van der Waals surface area contributed by atoms with Crippen LogP contribution < -0.4 is 5.32 Å². The molecule has 0 aliphatic rings. The second-order valence-electron chi connectivity index (χ2n) is 5.08. The van der Waals surface area contributed by atoms with Gasteiger partial charge in [0, 0.05) is 11.3 Å². The number of benzene rings is 2. The maximum Gasteiger partial charge on any atom is 0.249 e. The second kappa shape index (κ2) is 6.68. The van der Waals surface area contributed by atoms with E-state index < -0.39 is 17.6 Å². The van der Waals surface area contributed by atoms with Crippen LogP contribution in [0.3, 0.4) is 0 Å². The van der Waals surface area contributed by atoms with Crippen molar-refractivity contribution >= 4 is 17.4 Å². The third-order valence-electron chi connectivity index (χ3n) is 3.49. The molecule has 0 saturated heterocycles. The predicted molar refractivity (Wildman–Crippen MR) is 84.4 cm³/mol. The molecule has 0 spiro atoms. The Morgan fingerprint density at radius 1 is 1.05 bits per heavy atom. The lowest BCUT2D eigenvalue weighted by Crippen LogP contribution is -2.28. The SMILES string of the molecule is Cc1ccc(C(=O)[C@@H](C#N)C(=O)Nc2ccccc2)cc1C. The maximum atomic E-state index is 12.4. The summed E-state index contributed by atoms with van der Waals surface area (Å²) >= 11 is 0. The van der Waals surface area contributed by atoms with Crippen LogP contribution in [0.1, 0.15) is 21.5 Å². The van der Waals surface area contributed by atoms with E-state index in [1.165, 1.54) is 0 Å². The molecule has 110 valence electrons. The summed E-state index contributed by atoms with van der Waals surface area (Å²) < 4.78 is 0. The molecule has 1 atom stereocenters. The lowest BCUT2D eigenvalue weighted by Gasteiger charge is -2.10. The lowest BCUT2D eigenvalue weighted by atomic mass is 9.95. The van der Waals surface area contributed by atoms with E-state index >= 15 is 0 Å². The van der Waals surface area contributed by atoms with Gasteiger partial charge in [-0.15, -0.1) is 0 Å². The monoisotopic (exact) mass is 292 g/mol. The molecule has 2 rings (SSSR count). The molecule has 22 heavy (non-hydrogen) atoms. The molecule has 4 nitrogen and oxygen atoms in total. The predicted octanol–water partition coefficient (Wildman–Crippen LogP) is 3.26. The van der Waals surface area contributed by atoms with E-state index in [0.29, 0.717) is 11.3 Å². The van der Waals surface area contributed by atoms with Crippen molar-refractivity contribution in [3.8, 4) is 6.07 Å². The number of amides is 1. The summed E-state index contributed by atoms with van der Waals surface area (Å²) in [7, 11) is 0. The number of ketones is 1. The number of nitrogens with zero attached hydrogens (tertiary/aromatic N) is 1. The van der Waals surface area contributed by atoms with Gasteiger partial charge in [-0.25, -0.2) is 0 Å². The molecule has 2 aromatic carbocycles. The zero-order valence-electron chi connectivity index (χ0n) is 12.5. The van der Waals surface area contributed by atoms with Gasteiger partial charge in [0.15, 0.2) is 11.7 Å². The summed E-state index contributed by atoms with van der Waals surface area (Å²) in [5.74, 6) is -2.46. The molecule has 0 heterocycles. The van der Waals surface area contributed by atoms with E-state index in [1.54, 1.807) is 42.5 Å². The van der Waals surface area contributed by atoms with Crippen molar-refractivity contribution in [3.63, 3.8) is 0 Å². The fourth-order valence-corrected chi connectivity index (χ4v) is 2.03. The van der Waals surface area contributed by atoms with Gasteiger partial charge >= 0.3 is 0 Å². The van der Waals surface area contributed by atoms with Gasteiger partial charge in [-0.2, -0.15) is 5.26 Å². The van der Waals surface area contributed by atoms with Crippen molar-refractivity contribution in [3.05, 3.63) is 65.2 Å². The van der Waals surface area contributed by atoms with Crippen molar-refractivity contribution in [2.45, 2.75) is 13.8 Å². The van der Waals surface area contributed by atoms with Crippen LogP contribution in [-0.2, 0) is 4.79 Å². The van der Waals surface area contributed by atoms with Crippen LogP contribution in [0.15, 0.2) is 48.5 Å². The van der Waals surface area contributed by atoms with Gasteiger partial charge in [0.25, 0.3) is 0 Å². The summed E-state index contributed by atoms with van der Waals surface area (Å²) in [5.41, 5.74) is 2.93. The Kier molecular flexibility index (Phi) is 4.70. The Morgan fingerprint density at radius 2 is 1.73 bits per heavy atom. The number of Topliss-reactive ketones (excluding diaryl/α,β-unsaturated/α-hetero) is 1. The molecule has 0 fully saturated rings. The van der Waals surface area contributed by atoms with E-state index in [2.05, 4.69) is 5.32 Å². The van der Waals surface area contributed by atoms with Gasteiger partial charge in [0.2, 0.25) is 5.91 Å². The molecule has 0 saturated carbocycles. The molecule has 0 bridgehead atoms. The van der Waals surface area contributed by atoms with E-state index in [0.717, 1.165) is 11.1 Å². The molecular weight excluding hydrogens is 276 g/mol. The molecule has 2 aromatic rings. The molecule has 4 heteroatoms. The Labute approximate surface area is 129 Å². The zero-order valence-corrected chi connectivity index (χ0v) is 12.5. The van der Waals surface area contributed by atoms with Gasteiger partial charge in [-0.3, -0.25) is 9.59 Å². The minimum Gasteiger partial charge on any atom is -0.325 e. The van der Waals surface area contributed by atoms with Crippen LogP contribution in [0.4, 0.5) is 5.69 Å². The summed E-state index contributed by atoms with van der Waals surface area (Å²) in [6.07, 6.45) is 0. The van der Waals surface area contributed by atoms with Gasteiger partial charge in [-0.05, 0) is 43.2 Å². The summed E-state index contributed by atoms with van der Waals surface area (Å²) in [5, 5.41) is 11.8. The summed E-state index contributed by atoms with van der Waals surface area (Å²) in [6.45, 7) is 3.82. The highest BCUT2D eigenvalue weighted by atomic mass is 16.2. The average molecular weight is 292 g/mol. The third kappa shape index (κ3) is 3.39. The number of rotatable bonds is 4. The standard InChI is InChI=1S/C18H16N2O2/c1-12-8-9-14(10-13(12)2)17(21)16(11-19)18(22)20-15-6-4-3-5-7-15/h3-10,16H,1-2H3,(H,20,22)/t16-/m1/s1.